The van der Waals surface area contributed by atoms with Gasteiger partial charge in [0.05, 0.1) is 16.4 Å². The third-order valence-electron chi connectivity index (χ3n) is 6.19. The lowest BCUT2D eigenvalue weighted by Crippen LogP contribution is -2.53. The number of hydrogen-bond acceptors (Lipinski definition) is 6. The average molecular weight is 446 g/mol. The fourth-order valence-electron chi connectivity index (χ4n) is 4.42. The highest BCUT2D eigenvalue weighted by molar-refractivity contribution is 7.16. The molecule has 5 nitrogen and oxygen atoms in total. The van der Waals surface area contributed by atoms with Gasteiger partial charge in [0, 0.05) is 25.7 Å². The summed E-state index contributed by atoms with van der Waals surface area (Å²) >= 11 is 1.78. The van der Waals surface area contributed by atoms with E-state index in [0.29, 0.717) is 6.04 Å². The molecule has 2 aliphatic rings. The minimum absolute atomic E-state index is 0.444. The molecule has 2 aliphatic heterocycles. The Kier molecular flexibility index (Phi) is 6.51. The van der Waals surface area contributed by atoms with Crippen LogP contribution in [0.2, 0.25) is 0 Å². The number of aliphatic imine (C=N–C) groups is 1. The number of aryl methyl sites for hydroxylation is 2. The molecule has 0 unspecified atom stereocenters. The number of aromatic nitrogens is 1. The first-order valence-electron chi connectivity index (χ1n) is 11.8. The van der Waals surface area contributed by atoms with Gasteiger partial charge in [-0.3, -0.25) is 0 Å². The number of nitrogens with zero attached hydrogens (tertiary/aromatic N) is 3. The van der Waals surface area contributed by atoms with E-state index in [1.165, 1.54) is 23.4 Å². The van der Waals surface area contributed by atoms with Gasteiger partial charge in [0.2, 0.25) is 0 Å². The van der Waals surface area contributed by atoms with Crippen molar-refractivity contribution in [1.82, 2.24) is 15.2 Å². The van der Waals surface area contributed by atoms with Gasteiger partial charge in [0.15, 0.2) is 5.84 Å². The van der Waals surface area contributed by atoms with E-state index in [-0.39, 0.29) is 0 Å². The van der Waals surface area contributed by atoms with Gasteiger partial charge in [-0.2, -0.15) is 0 Å². The molecule has 1 aromatic heterocycles. The van der Waals surface area contributed by atoms with E-state index in [1.807, 2.05) is 0 Å². The molecule has 32 heavy (non-hydrogen) atoms. The number of benzene rings is 2. The monoisotopic (exact) mass is 445 g/mol. The molecule has 0 radical (unpaired) electrons. The number of thiazole rings is 1. The highest BCUT2D eigenvalue weighted by atomic mass is 32.1. The Morgan fingerprint density at radius 2 is 1.91 bits per heavy atom. The first-order valence-corrected chi connectivity index (χ1v) is 12.6. The maximum Gasteiger partial charge on any atom is 0.158 e. The molecule has 3 heterocycles. The molecule has 1 atom stereocenters. The number of amidine groups is 1. The number of piperazine rings is 1. The summed E-state index contributed by atoms with van der Waals surface area (Å²) in [6.07, 6.45) is 5.60. The van der Waals surface area contributed by atoms with Crippen molar-refractivity contribution in [2.75, 3.05) is 25.0 Å². The number of anilines is 2. The van der Waals surface area contributed by atoms with E-state index >= 15 is 0 Å². The molecule has 0 saturated carbocycles. The second kappa shape index (κ2) is 9.84. The van der Waals surface area contributed by atoms with Gasteiger partial charge in [-0.25, -0.2) is 9.98 Å². The smallest absolute Gasteiger partial charge is 0.158 e. The first-order chi connectivity index (χ1) is 15.8. The molecule has 0 amide bonds. The number of rotatable bonds is 6. The molecular formula is C26H31N5S. The normalized spacial score (nSPS) is 17.7. The molecule has 2 N–H and O–H groups in total. The summed E-state index contributed by atoms with van der Waals surface area (Å²) in [5.41, 5.74) is 4.46. The largest absolute Gasteiger partial charge is 0.352 e. The molecule has 5 rings (SSSR count). The van der Waals surface area contributed by atoms with Crippen molar-refractivity contribution < 1.29 is 0 Å². The minimum atomic E-state index is 0.444. The summed E-state index contributed by atoms with van der Waals surface area (Å²) in [7, 11) is 0. The second-order valence-corrected chi connectivity index (χ2v) is 9.67. The predicted molar refractivity (Wildman–Crippen MR) is 135 cm³/mol. The fraction of sp³-hybridized carbons (Fsp3) is 0.385. The van der Waals surface area contributed by atoms with Crippen LogP contribution in [0.15, 0.2) is 59.6 Å². The predicted octanol–water partition coefficient (Wildman–Crippen LogP) is 5.53. The highest BCUT2D eigenvalue weighted by Gasteiger charge is 2.28. The van der Waals surface area contributed by atoms with E-state index in [9.17, 15) is 0 Å². The van der Waals surface area contributed by atoms with Gasteiger partial charge in [0.25, 0.3) is 0 Å². The van der Waals surface area contributed by atoms with E-state index in [4.69, 9.17) is 9.98 Å². The summed E-state index contributed by atoms with van der Waals surface area (Å²) < 4.78 is 0. The third-order valence-corrected chi connectivity index (χ3v) is 7.22. The number of para-hydroxylation sites is 2. The van der Waals surface area contributed by atoms with Gasteiger partial charge in [0.1, 0.15) is 10.7 Å². The molecule has 166 valence electrons. The first kappa shape index (κ1) is 21.2. The Balaban J connectivity index is 1.40. The van der Waals surface area contributed by atoms with E-state index in [2.05, 4.69) is 77.1 Å². The van der Waals surface area contributed by atoms with Gasteiger partial charge < -0.3 is 15.5 Å². The van der Waals surface area contributed by atoms with Crippen LogP contribution >= 0.6 is 11.3 Å². The molecule has 3 aromatic rings. The van der Waals surface area contributed by atoms with E-state index < -0.39 is 0 Å². The van der Waals surface area contributed by atoms with Crippen LogP contribution < -0.4 is 10.6 Å². The zero-order chi connectivity index (χ0) is 21.8. The molecule has 0 bridgehead atoms. The van der Waals surface area contributed by atoms with Crippen LogP contribution in [0, 0.1) is 0 Å². The average Bonchev–Trinajstić information content (AvgIpc) is 3.16. The maximum atomic E-state index is 5.15. The van der Waals surface area contributed by atoms with E-state index in [1.54, 1.807) is 11.3 Å². The van der Waals surface area contributed by atoms with E-state index in [0.717, 1.165) is 66.8 Å². The molecule has 0 aliphatic carbocycles. The van der Waals surface area contributed by atoms with Crippen LogP contribution in [-0.4, -0.2) is 41.4 Å². The van der Waals surface area contributed by atoms with Crippen molar-refractivity contribution in [3.05, 3.63) is 70.9 Å². The molecule has 0 spiro atoms. The second-order valence-electron chi connectivity index (χ2n) is 8.59. The standard InChI is InChI=1S/C26H31N5S/c1-2-3-13-23-30-24-25(28-21-11-7-8-12-22(21)29-26(24)32-23)31-17-16-27-20(18-31)15-14-19-9-5-4-6-10-19/h4-12,20,27,29H,2-3,13-18H2,1H3/t20-/m1/s1. The Bertz CT molecular complexity index is 1070. The lowest BCUT2D eigenvalue weighted by Gasteiger charge is -2.35. The van der Waals surface area contributed by atoms with Crippen molar-refractivity contribution in [3.8, 4) is 0 Å². The Hall–Kier alpha value is -2.70. The lowest BCUT2D eigenvalue weighted by molar-refractivity contribution is 0.282. The SMILES string of the molecule is CCCCc1nc2c(s1)Nc1ccccc1N=C2N1CCN[C@H](CCc2ccccc2)C1. The quantitative estimate of drug-likeness (QED) is 0.524. The van der Waals surface area contributed by atoms with Crippen LogP contribution in [-0.2, 0) is 12.8 Å². The Labute approximate surface area is 194 Å². The maximum absolute atomic E-state index is 5.15. The lowest BCUT2D eigenvalue weighted by atomic mass is 10.0. The van der Waals surface area contributed by atoms with Crippen molar-refractivity contribution >= 4 is 33.5 Å². The highest BCUT2D eigenvalue weighted by Crippen LogP contribution is 2.38. The van der Waals surface area contributed by atoms with Crippen LogP contribution in [0.25, 0.3) is 0 Å². The Morgan fingerprint density at radius 1 is 1.06 bits per heavy atom. The van der Waals surface area contributed by atoms with Gasteiger partial charge in [-0.1, -0.05) is 55.8 Å². The zero-order valence-corrected chi connectivity index (χ0v) is 19.5. The molecule has 1 fully saturated rings. The number of nitrogens with one attached hydrogen (secondary N) is 2. The van der Waals surface area contributed by atoms with Crippen LogP contribution in [0.5, 0.6) is 0 Å². The summed E-state index contributed by atoms with van der Waals surface area (Å²) in [5, 5.41) is 9.67. The van der Waals surface area contributed by atoms with Crippen LogP contribution in [0.3, 0.4) is 0 Å². The van der Waals surface area contributed by atoms with Gasteiger partial charge in [-0.15, -0.1) is 11.3 Å². The number of fused-ring (bicyclic) bond motifs is 2. The molecule has 1 saturated heterocycles. The number of unbranched alkanes of at least 4 members (excludes halogenated alkanes) is 1. The van der Waals surface area contributed by atoms with Crippen LogP contribution in [0.1, 0.15) is 42.5 Å². The number of hydrogen-bond donors (Lipinski definition) is 2. The summed E-state index contributed by atoms with van der Waals surface area (Å²) in [6, 6.07) is 19.5. The van der Waals surface area contributed by atoms with Crippen molar-refractivity contribution in [2.45, 2.75) is 45.1 Å². The van der Waals surface area contributed by atoms with Gasteiger partial charge in [-0.05, 0) is 43.4 Å². The minimum Gasteiger partial charge on any atom is -0.352 e. The van der Waals surface area contributed by atoms with Gasteiger partial charge >= 0.3 is 0 Å². The van der Waals surface area contributed by atoms with Crippen molar-refractivity contribution in [1.29, 1.82) is 0 Å². The molecule has 2 aromatic carbocycles. The summed E-state index contributed by atoms with van der Waals surface area (Å²) in [5.74, 6) is 1.02. The molecular weight excluding hydrogens is 414 g/mol. The Morgan fingerprint density at radius 3 is 2.78 bits per heavy atom. The molecule has 6 heteroatoms. The topological polar surface area (TPSA) is 52.6 Å². The van der Waals surface area contributed by atoms with Crippen molar-refractivity contribution in [3.63, 3.8) is 0 Å². The fourth-order valence-corrected chi connectivity index (χ4v) is 5.43. The van der Waals surface area contributed by atoms with Crippen molar-refractivity contribution in [2.24, 2.45) is 4.99 Å². The summed E-state index contributed by atoms with van der Waals surface area (Å²) in [6.45, 7) is 5.10. The zero-order valence-electron chi connectivity index (χ0n) is 18.7. The van der Waals surface area contributed by atoms with Crippen LogP contribution in [0.4, 0.5) is 16.4 Å². The third kappa shape index (κ3) is 4.71. The summed E-state index contributed by atoms with van der Waals surface area (Å²) in [4.78, 5) is 12.7.